The summed E-state index contributed by atoms with van der Waals surface area (Å²) >= 11 is 0. The fraction of sp³-hybridized carbons (Fsp3) is 0.179. The summed E-state index contributed by atoms with van der Waals surface area (Å²) in [5, 5.41) is 10.5. The minimum absolute atomic E-state index is 0.0107. The molecule has 0 aliphatic rings. The SMILES string of the molecule is Cc1nc(C(F)(F)F)cn1-c1ccc(-c2cc(F)c(CO)c(S(C)(=O)=O)c2)cc1N(N)/C(=C\N)c1ccc(OC(F)(F)F)cc1. The fourth-order valence-electron chi connectivity index (χ4n) is 4.49. The van der Waals surface area contributed by atoms with Gasteiger partial charge >= 0.3 is 12.5 Å². The molecule has 0 spiro atoms. The van der Waals surface area contributed by atoms with Crippen LogP contribution in [0.25, 0.3) is 22.5 Å². The van der Waals surface area contributed by atoms with Crippen LogP contribution in [-0.2, 0) is 22.6 Å². The molecule has 17 heteroatoms. The van der Waals surface area contributed by atoms with E-state index in [2.05, 4.69) is 9.72 Å². The smallest absolute Gasteiger partial charge is 0.406 e. The molecule has 0 unspecified atom stereocenters. The van der Waals surface area contributed by atoms with E-state index >= 15 is 0 Å². The molecule has 240 valence electrons. The number of rotatable bonds is 8. The molecule has 0 saturated carbocycles. The Kier molecular flexibility index (Phi) is 8.92. The number of imidazole rings is 1. The van der Waals surface area contributed by atoms with Gasteiger partial charge in [-0.3, -0.25) is 5.01 Å². The van der Waals surface area contributed by atoms with Crippen molar-refractivity contribution in [1.82, 2.24) is 9.55 Å². The van der Waals surface area contributed by atoms with Crippen LogP contribution in [0.3, 0.4) is 0 Å². The number of benzene rings is 3. The van der Waals surface area contributed by atoms with Gasteiger partial charge in [-0.25, -0.2) is 23.6 Å². The summed E-state index contributed by atoms with van der Waals surface area (Å²) in [6.07, 6.45) is -7.21. The lowest BCUT2D eigenvalue weighted by atomic mass is 10.0. The van der Waals surface area contributed by atoms with Crippen molar-refractivity contribution in [3.63, 3.8) is 0 Å². The average Bonchev–Trinajstić information content (AvgIpc) is 3.34. The minimum Gasteiger partial charge on any atom is -0.406 e. The van der Waals surface area contributed by atoms with Crippen molar-refractivity contribution < 1.29 is 49.0 Å². The second-order valence-electron chi connectivity index (χ2n) is 9.60. The number of nitrogens with zero attached hydrogens (tertiary/aromatic N) is 3. The van der Waals surface area contributed by atoms with Gasteiger partial charge in [-0.2, -0.15) is 13.2 Å². The van der Waals surface area contributed by atoms with Gasteiger partial charge in [-0.1, -0.05) is 6.07 Å². The maximum atomic E-state index is 15.0. The number of ether oxygens (including phenoxy) is 1. The first-order valence-corrected chi connectivity index (χ1v) is 14.5. The lowest BCUT2D eigenvalue weighted by Gasteiger charge is -2.26. The molecule has 0 aliphatic heterocycles. The number of aryl methyl sites for hydroxylation is 1. The summed E-state index contributed by atoms with van der Waals surface area (Å²) in [6, 6.07) is 10.5. The summed E-state index contributed by atoms with van der Waals surface area (Å²) in [7, 11) is -4.02. The summed E-state index contributed by atoms with van der Waals surface area (Å²) in [6.45, 7) is 0.391. The van der Waals surface area contributed by atoms with Gasteiger partial charge in [-0.05, 0) is 66.6 Å². The van der Waals surface area contributed by atoms with Gasteiger partial charge in [0.25, 0.3) is 0 Å². The van der Waals surface area contributed by atoms with Crippen LogP contribution < -0.4 is 21.3 Å². The first-order valence-electron chi connectivity index (χ1n) is 12.6. The quantitative estimate of drug-likeness (QED) is 0.129. The van der Waals surface area contributed by atoms with E-state index in [1.54, 1.807) is 0 Å². The van der Waals surface area contributed by atoms with E-state index in [4.69, 9.17) is 11.6 Å². The predicted octanol–water partition coefficient (Wildman–Crippen LogP) is 5.44. The number of nitrogens with two attached hydrogens (primary N) is 2. The molecule has 0 radical (unpaired) electrons. The normalized spacial score (nSPS) is 12.8. The predicted molar refractivity (Wildman–Crippen MR) is 150 cm³/mol. The van der Waals surface area contributed by atoms with E-state index in [-0.39, 0.29) is 39.6 Å². The molecule has 3 aromatic carbocycles. The monoisotopic (exact) mass is 659 g/mol. The lowest BCUT2D eigenvalue weighted by molar-refractivity contribution is -0.274. The number of halogens is 7. The van der Waals surface area contributed by atoms with Crippen LogP contribution in [0.2, 0.25) is 0 Å². The Hall–Kier alpha value is -4.61. The van der Waals surface area contributed by atoms with Crippen molar-refractivity contribution in [2.75, 3.05) is 11.3 Å². The molecule has 1 heterocycles. The highest BCUT2D eigenvalue weighted by atomic mass is 32.2. The number of aliphatic hydroxyl groups is 1. The third-order valence-corrected chi connectivity index (χ3v) is 7.68. The van der Waals surface area contributed by atoms with Crippen molar-refractivity contribution >= 4 is 21.2 Å². The zero-order valence-electron chi connectivity index (χ0n) is 23.3. The van der Waals surface area contributed by atoms with Crippen LogP contribution in [0, 0.1) is 12.7 Å². The van der Waals surface area contributed by atoms with Gasteiger partial charge in [-0.15, -0.1) is 13.2 Å². The van der Waals surface area contributed by atoms with Crippen molar-refractivity contribution in [1.29, 1.82) is 0 Å². The largest absolute Gasteiger partial charge is 0.573 e. The van der Waals surface area contributed by atoms with Gasteiger partial charge in [0.2, 0.25) is 0 Å². The fourth-order valence-corrected chi connectivity index (χ4v) is 5.44. The number of hydrogen-bond acceptors (Lipinski definition) is 8. The standard InChI is InChI=1S/C28H24F7N5O4S/c1-15-38-26(27(30,31)32)13-39(15)22-8-5-17(18-9-21(29)20(14-41)25(11-18)45(2,42)43)10-23(22)40(37)24(12-36)16-3-6-19(7-4-16)44-28(33,34)35/h3-13,41H,14,36-37H2,1-2H3/b24-12-. The molecule has 5 N–H and O–H groups in total. The van der Waals surface area contributed by atoms with E-state index in [0.29, 0.717) is 6.20 Å². The molecule has 0 fully saturated rings. The molecule has 0 bridgehead atoms. The van der Waals surface area contributed by atoms with Gasteiger partial charge in [0, 0.05) is 29.8 Å². The van der Waals surface area contributed by atoms with Gasteiger partial charge < -0.3 is 20.1 Å². The molecule has 4 rings (SSSR count). The molecule has 9 nitrogen and oxygen atoms in total. The number of anilines is 1. The van der Waals surface area contributed by atoms with Gasteiger partial charge in [0.1, 0.15) is 17.4 Å². The number of sulfone groups is 1. The Morgan fingerprint density at radius 3 is 2.20 bits per heavy atom. The van der Waals surface area contributed by atoms with Crippen molar-refractivity contribution in [2.24, 2.45) is 11.6 Å². The molecule has 1 aromatic heterocycles. The highest BCUT2D eigenvalue weighted by Gasteiger charge is 2.35. The second kappa shape index (κ2) is 12.1. The zero-order chi connectivity index (χ0) is 33.5. The van der Waals surface area contributed by atoms with Crippen LogP contribution >= 0.6 is 0 Å². The van der Waals surface area contributed by atoms with Crippen molar-refractivity contribution in [3.05, 3.63) is 95.5 Å². The molecular formula is C28H24F7N5O4S. The van der Waals surface area contributed by atoms with E-state index in [0.717, 1.165) is 46.3 Å². The summed E-state index contributed by atoms with van der Waals surface area (Å²) in [5.41, 5.74) is 4.42. The van der Waals surface area contributed by atoms with Gasteiger partial charge in [0.15, 0.2) is 15.5 Å². The summed E-state index contributed by atoms with van der Waals surface area (Å²) in [4.78, 5) is 3.08. The maximum Gasteiger partial charge on any atom is 0.573 e. The molecule has 45 heavy (non-hydrogen) atoms. The van der Waals surface area contributed by atoms with E-state index in [1.165, 1.54) is 37.3 Å². The first-order chi connectivity index (χ1) is 20.8. The topological polar surface area (TPSA) is 137 Å². The van der Waals surface area contributed by atoms with Crippen LogP contribution in [0.5, 0.6) is 5.75 Å². The Balaban J connectivity index is 1.92. The Morgan fingerprint density at radius 1 is 1.04 bits per heavy atom. The molecular weight excluding hydrogens is 635 g/mol. The number of aliphatic hydroxyl groups excluding tert-OH is 1. The highest BCUT2D eigenvalue weighted by Crippen LogP contribution is 2.37. The first kappa shape index (κ1) is 33.3. The van der Waals surface area contributed by atoms with E-state index in [9.17, 15) is 44.3 Å². The Bertz CT molecular complexity index is 1870. The van der Waals surface area contributed by atoms with Crippen LogP contribution in [0.4, 0.5) is 36.4 Å². The van der Waals surface area contributed by atoms with Crippen LogP contribution in [0.15, 0.2) is 71.9 Å². The molecule has 0 amide bonds. The van der Waals surface area contributed by atoms with Crippen LogP contribution in [0.1, 0.15) is 22.6 Å². The third kappa shape index (κ3) is 7.21. The van der Waals surface area contributed by atoms with E-state index < -0.39 is 56.7 Å². The summed E-state index contributed by atoms with van der Waals surface area (Å²) < 4.78 is 123. The number of alkyl halides is 6. The van der Waals surface area contributed by atoms with E-state index in [1.807, 2.05) is 0 Å². The summed E-state index contributed by atoms with van der Waals surface area (Å²) in [5.74, 6) is 4.76. The molecule has 0 aliphatic carbocycles. The Morgan fingerprint density at radius 2 is 1.69 bits per heavy atom. The highest BCUT2D eigenvalue weighted by molar-refractivity contribution is 7.90. The zero-order valence-corrected chi connectivity index (χ0v) is 24.1. The second-order valence-corrected chi connectivity index (χ2v) is 11.6. The molecule has 4 aromatic rings. The van der Waals surface area contributed by atoms with Crippen molar-refractivity contribution in [3.8, 4) is 22.6 Å². The lowest BCUT2D eigenvalue weighted by Crippen LogP contribution is -2.31. The number of hydrazine groups is 1. The molecule has 0 atom stereocenters. The Labute approximate surface area is 251 Å². The maximum absolute atomic E-state index is 15.0. The third-order valence-electron chi connectivity index (χ3n) is 6.51. The van der Waals surface area contributed by atoms with Crippen LogP contribution in [-0.4, -0.2) is 35.7 Å². The average molecular weight is 660 g/mol. The molecule has 0 saturated heterocycles. The van der Waals surface area contributed by atoms with Gasteiger partial charge in [0.05, 0.1) is 28.6 Å². The number of aromatic nitrogens is 2. The minimum atomic E-state index is -4.95. The number of hydrogen-bond donors (Lipinski definition) is 3. The van der Waals surface area contributed by atoms with Crippen molar-refractivity contribution in [2.45, 2.75) is 31.0 Å².